The summed E-state index contributed by atoms with van der Waals surface area (Å²) in [5, 5.41) is 2.95. The van der Waals surface area contributed by atoms with E-state index in [9.17, 15) is 4.79 Å². The lowest BCUT2D eigenvalue weighted by Gasteiger charge is -2.29. The fraction of sp³-hybridized carbons (Fsp3) is 0.714. The first kappa shape index (κ1) is 14.5. The van der Waals surface area contributed by atoms with Crippen molar-refractivity contribution in [1.29, 1.82) is 0 Å². The summed E-state index contributed by atoms with van der Waals surface area (Å²) < 4.78 is 10.5. The first-order valence-electron chi connectivity index (χ1n) is 6.77. The molecule has 1 aromatic rings. The SMILES string of the molecule is COC(=O)Cc1csc(C2(OC)CCCCCC2)n1. The zero-order valence-corrected chi connectivity index (χ0v) is 12.4. The van der Waals surface area contributed by atoms with Crippen LogP contribution in [0.3, 0.4) is 0 Å². The third-order valence-corrected chi connectivity index (χ3v) is 4.87. The van der Waals surface area contributed by atoms with Gasteiger partial charge in [0.1, 0.15) is 10.6 Å². The fourth-order valence-corrected chi connectivity index (χ4v) is 3.68. The largest absolute Gasteiger partial charge is 0.469 e. The predicted molar refractivity (Wildman–Crippen MR) is 74.2 cm³/mol. The minimum absolute atomic E-state index is 0.241. The van der Waals surface area contributed by atoms with Crippen LogP contribution in [0.4, 0.5) is 0 Å². The minimum atomic E-state index is -0.246. The summed E-state index contributed by atoms with van der Waals surface area (Å²) in [6, 6.07) is 0. The Hall–Kier alpha value is -0.940. The first-order valence-corrected chi connectivity index (χ1v) is 7.65. The van der Waals surface area contributed by atoms with Crippen molar-refractivity contribution in [2.24, 2.45) is 0 Å². The normalized spacial score (nSPS) is 18.8. The molecule has 0 bridgehead atoms. The molecule has 1 saturated carbocycles. The average molecular weight is 283 g/mol. The summed E-state index contributed by atoms with van der Waals surface area (Å²) in [5.41, 5.74) is 0.544. The topological polar surface area (TPSA) is 48.4 Å². The Bertz CT molecular complexity index is 422. The van der Waals surface area contributed by atoms with E-state index >= 15 is 0 Å². The van der Waals surface area contributed by atoms with Crippen molar-refractivity contribution >= 4 is 17.3 Å². The lowest BCUT2D eigenvalue weighted by Crippen LogP contribution is -2.27. The number of ether oxygens (including phenoxy) is 2. The Morgan fingerprint density at radius 3 is 2.58 bits per heavy atom. The van der Waals surface area contributed by atoms with Gasteiger partial charge in [-0.3, -0.25) is 4.79 Å². The van der Waals surface area contributed by atoms with Crippen LogP contribution >= 0.6 is 11.3 Å². The van der Waals surface area contributed by atoms with Gasteiger partial charge in [-0.2, -0.15) is 0 Å². The van der Waals surface area contributed by atoms with Crippen molar-refractivity contribution in [2.75, 3.05) is 14.2 Å². The van der Waals surface area contributed by atoms with Crippen LogP contribution in [0.1, 0.15) is 49.2 Å². The summed E-state index contributed by atoms with van der Waals surface area (Å²) in [7, 11) is 3.17. The van der Waals surface area contributed by atoms with Gasteiger partial charge in [0.15, 0.2) is 0 Å². The van der Waals surface area contributed by atoms with Gasteiger partial charge in [-0.1, -0.05) is 25.7 Å². The van der Waals surface area contributed by atoms with Gasteiger partial charge in [0.2, 0.25) is 0 Å². The maximum Gasteiger partial charge on any atom is 0.311 e. The molecule has 1 fully saturated rings. The second-order valence-electron chi connectivity index (χ2n) is 5.01. The molecule has 0 aromatic carbocycles. The smallest absolute Gasteiger partial charge is 0.311 e. The van der Waals surface area contributed by atoms with Gasteiger partial charge < -0.3 is 9.47 Å². The van der Waals surface area contributed by atoms with E-state index in [1.807, 2.05) is 5.38 Å². The van der Waals surface area contributed by atoms with Gasteiger partial charge >= 0.3 is 5.97 Å². The number of aromatic nitrogens is 1. The molecule has 0 atom stereocenters. The molecule has 5 heteroatoms. The molecule has 19 heavy (non-hydrogen) atoms. The zero-order valence-electron chi connectivity index (χ0n) is 11.6. The molecule has 1 heterocycles. The lowest BCUT2D eigenvalue weighted by molar-refractivity contribution is -0.139. The zero-order chi connectivity index (χ0) is 13.7. The molecule has 0 N–H and O–H groups in total. The molecular formula is C14H21NO3S. The van der Waals surface area contributed by atoms with Crippen LogP contribution in [-0.4, -0.2) is 25.2 Å². The molecule has 1 aromatic heterocycles. The van der Waals surface area contributed by atoms with E-state index in [1.54, 1.807) is 18.4 Å². The monoisotopic (exact) mass is 283 g/mol. The second kappa shape index (κ2) is 6.48. The Labute approximate surface area is 118 Å². The molecule has 0 spiro atoms. The van der Waals surface area contributed by atoms with Crippen LogP contribution in [0.25, 0.3) is 0 Å². The van der Waals surface area contributed by atoms with Crippen molar-refractivity contribution in [3.63, 3.8) is 0 Å². The number of thiazole rings is 1. The number of nitrogens with zero attached hydrogens (tertiary/aromatic N) is 1. The highest BCUT2D eigenvalue weighted by atomic mass is 32.1. The summed E-state index contributed by atoms with van der Waals surface area (Å²) in [5.74, 6) is -0.246. The number of hydrogen-bond donors (Lipinski definition) is 0. The van der Waals surface area contributed by atoms with E-state index in [4.69, 9.17) is 4.74 Å². The van der Waals surface area contributed by atoms with E-state index in [0.29, 0.717) is 0 Å². The van der Waals surface area contributed by atoms with Gasteiger partial charge in [-0.05, 0) is 12.8 Å². The Kier molecular flexibility index (Phi) is 4.93. The van der Waals surface area contributed by atoms with Crippen LogP contribution in [0, 0.1) is 0 Å². The highest BCUT2D eigenvalue weighted by Gasteiger charge is 2.35. The molecule has 0 saturated heterocycles. The number of esters is 1. The standard InChI is InChI=1S/C14H21NO3S/c1-17-12(16)9-11-10-19-13(15-11)14(18-2)7-5-3-4-6-8-14/h10H,3-9H2,1-2H3. The minimum Gasteiger partial charge on any atom is -0.469 e. The van der Waals surface area contributed by atoms with Crippen LogP contribution in [0.5, 0.6) is 0 Å². The van der Waals surface area contributed by atoms with Gasteiger partial charge in [0.05, 0.1) is 19.2 Å². The Balaban J connectivity index is 2.16. The molecule has 0 radical (unpaired) electrons. The van der Waals surface area contributed by atoms with E-state index in [1.165, 1.54) is 32.8 Å². The van der Waals surface area contributed by atoms with Crippen LogP contribution in [0.2, 0.25) is 0 Å². The maximum absolute atomic E-state index is 11.3. The van der Waals surface area contributed by atoms with E-state index in [2.05, 4.69) is 9.72 Å². The fourth-order valence-electron chi connectivity index (χ4n) is 2.62. The molecule has 4 nitrogen and oxygen atoms in total. The summed E-state index contributed by atoms with van der Waals surface area (Å²) in [6.07, 6.45) is 7.19. The number of carbonyl (C=O) groups excluding carboxylic acids is 1. The number of carbonyl (C=O) groups is 1. The molecule has 1 aliphatic rings. The Morgan fingerprint density at radius 1 is 1.32 bits per heavy atom. The van der Waals surface area contributed by atoms with Crippen molar-refractivity contribution in [3.8, 4) is 0 Å². The molecule has 2 rings (SSSR count). The Morgan fingerprint density at radius 2 is 2.00 bits per heavy atom. The lowest BCUT2D eigenvalue weighted by atomic mass is 9.95. The van der Waals surface area contributed by atoms with Gasteiger partial charge in [0.25, 0.3) is 0 Å². The second-order valence-corrected chi connectivity index (χ2v) is 5.87. The van der Waals surface area contributed by atoms with E-state index in [-0.39, 0.29) is 18.0 Å². The van der Waals surface area contributed by atoms with Crippen LogP contribution in [0.15, 0.2) is 5.38 Å². The number of rotatable bonds is 4. The van der Waals surface area contributed by atoms with Crippen LogP contribution in [-0.2, 0) is 26.3 Å². The van der Waals surface area contributed by atoms with Crippen molar-refractivity contribution < 1.29 is 14.3 Å². The van der Waals surface area contributed by atoms with E-state index in [0.717, 1.165) is 23.5 Å². The van der Waals surface area contributed by atoms with Gasteiger partial charge in [-0.15, -0.1) is 11.3 Å². The maximum atomic E-state index is 11.3. The third-order valence-electron chi connectivity index (χ3n) is 3.80. The molecule has 1 aliphatic carbocycles. The average Bonchev–Trinajstić information content (AvgIpc) is 2.76. The molecule has 106 valence electrons. The third kappa shape index (κ3) is 3.34. The van der Waals surface area contributed by atoms with Gasteiger partial charge in [0, 0.05) is 12.5 Å². The van der Waals surface area contributed by atoms with Crippen molar-refractivity contribution in [2.45, 2.75) is 50.5 Å². The summed E-state index contributed by atoms with van der Waals surface area (Å²) >= 11 is 1.60. The van der Waals surface area contributed by atoms with E-state index < -0.39 is 0 Å². The summed E-state index contributed by atoms with van der Waals surface area (Å²) in [4.78, 5) is 15.9. The number of methoxy groups -OCH3 is 2. The highest BCUT2D eigenvalue weighted by Crippen LogP contribution is 2.40. The van der Waals surface area contributed by atoms with Crippen LogP contribution < -0.4 is 0 Å². The molecular weight excluding hydrogens is 262 g/mol. The summed E-state index contributed by atoms with van der Waals surface area (Å²) in [6.45, 7) is 0. The number of hydrogen-bond acceptors (Lipinski definition) is 5. The van der Waals surface area contributed by atoms with Crippen molar-refractivity contribution in [1.82, 2.24) is 4.98 Å². The predicted octanol–water partition coefficient (Wildman–Crippen LogP) is 3.05. The first-order chi connectivity index (χ1) is 9.20. The molecule has 0 aliphatic heterocycles. The molecule has 0 amide bonds. The van der Waals surface area contributed by atoms with Crippen molar-refractivity contribution in [3.05, 3.63) is 16.1 Å². The quantitative estimate of drug-likeness (QED) is 0.629. The molecule has 0 unspecified atom stereocenters. The highest BCUT2D eigenvalue weighted by molar-refractivity contribution is 7.09. The van der Waals surface area contributed by atoms with Gasteiger partial charge in [-0.25, -0.2) is 4.98 Å².